The van der Waals surface area contributed by atoms with Gasteiger partial charge in [0, 0.05) is 25.0 Å². The van der Waals surface area contributed by atoms with Gasteiger partial charge in [0.1, 0.15) is 42.7 Å². The van der Waals surface area contributed by atoms with Crippen molar-refractivity contribution in [1.29, 1.82) is 0 Å². The highest BCUT2D eigenvalue weighted by molar-refractivity contribution is 6.30. The molecule has 8 nitrogen and oxygen atoms in total. The van der Waals surface area contributed by atoms with Crippen molar-refractivity contribution in [3.63, 3.8) is 0 Å². The maximum Gasteiger partial charge on any atom is 0.282 e. The van der Waals surface area contributed by atoms with Gasteiger partial charge in [0.25, 0.3) is 12.0 Å². The summed E-state index contributed by atoms with van der Waals surface area (Å²) in [4.78, 5) is 8.26. The van der Waals surface area contributed by atoms with Crippen molar-refractivity contribution >= 4 is 23.6 Å². The Bertz CT molecular complexity index is 1050. The SMILES string of the molecule is CC[C@@H](C[C@H]1COC(N)=N1)Oc1ccc(F)c(Cl)c1.CC[C@@H](C[C@H]1COC(N)=N1)Oc1ccc(F)c(F)c1. The van der Waals surface area contributed by atoms with Crippen LogP contribution < -0.4 is 20.9 Å². The minimum Gasteiger partial charge on any atom is -0.490 e. The maximum atomic E-state index is 13.1. The molecule has 2 heterocycles. The first-order valence-corrected chi connectivity index (χ1v) is 12.7. The summed E-state index contributed by atoms with van der Waals surface area (Å²) >= 11 is 5.72. The molecule has 0 radical (unpaired) electrons. The number of rotatable bonds is 10. The summed E-state index contributed by atoms with van der Waals surface area (Å²) in [6, 6.07) is 8.21. The van der Waals surface area contributed by atoms with E-state index in [0.717, 1.165) is 25.0 Å². The molecule has 0 saturated carbocycles. The van der Waals surface area contributed by atoms with E-state index in [1.807, 2.05) is 13.8 Å². The third-order valence-corrected chi connectivity index (χ3v) is 6.12. The fourth-order valence-electron chi connectivity index (χ4n) is 3.80. The summed E-state index contributed by atoms with van der Waals surface area (Å²) < 4.78 is 60.5. The molecule has 2 aliphatic rings. The van der Waals surface area contributed by atoms with E-state index in [2.05, 4.69) is 9.98 Å². The molecule has 0 bridgehead atoms. The molecule has 0 aliphatic carbocycles. The highest BCUT2D eigenvalue weighted by Gasteiger charge is 2.23. The minimum atomic E-state index is -0.918. The van der Waals surface area contributed by atoms with Crippen LogP contribution in [-0.4, -0.2) is 49.5 Å². The van der Waals surface area contributed by atoms with Gasteiger partial charge in [-0.2, -0.15) is 0 Å². The first kappa shape index (κ1) is 29.2. The largest absolute Gasteiger partial charge is 0.490 e. The predicted octanol–water partition coefficient (Wildman–Crippen LogP) is 4.97. The second kappa shape index (κ2) is 14.0. The molecule has 38 heavy (non-hydrogen) atoms. The molecule has 0 spiro atoms. The zero-order valence-corrected chi connectivity index (χ0v) is 22.0. The van der Waals surface area contributed by atoms with E-state index in [0.29, 0.717) is 37.6 Å². The van der Waals surface area contributed by atoms with Crippen molar-refractivity contribution in [2.75, 3.05) is 13.2 Å². The molecule has 0 unspecified atom stereocenters. The van der Waals surface area contributed by atoms with Crippen LogP contribution in [0.5, 0.6) is 11.5 Å². The van der Waals surface area contributed by atoms with E-state index >= 15 is 0 Å². The molecule has 0 amide bonds. The van der Waals surface area contributed by atoms with Gasteiger partial charge in [-0.1, -0.05) is 25.4 Å². The van der Waals surface area contributed by atoms with E-state index in [1.54, 1.807) is 6.07 Å². The molecule has 12 heteroatoms. The van der Waals surface area contributed by atoms with Gasteiger partial charge in [-0.25, -0.2) is 23.2 Å². The number of hydrogen-bond donors (Lipinski definition) is 2. The third kappa shape index (κ3) is 8.90. The first-order valence-electron chi connectivity index (χ1n) is 12.3. The van der Waals surface area contributed by atoms with Gasteiger partial charge >= 0.3 is 0 Å². The Morgan fingerprint density at radius 2 is 1.29 bits per heavy atom. The molecule has 4 rings (SSSR count). The van der Waals surface area contributed by atoms with Crippen LogP contribution in [0.1, 0.15) is 39.5 Å². The Labute approximate surface area is 224 Å². The van der Waals surface area contributed by atoms with E-state index < -0.39 is 17.5 Å². The number of aliphatic imine (C=N–C) groups is 2. The van der Waals surface area contributed by atoms with Crippen LogP contribution in [0.25, 0.3) is 0 Å². The number of amidine groups is 2. The molecule has 0 saturated heterocycles. The molecule has 4 atom stereocenters. The van der Waals surface area contributed by atoms with E-state index in [9.17, 15) is 13.2 Å². The summed E-state index contributed by atoms with van der Waals surface area (Å²) in [6.45, 7) is 4.88. The number of nitrogens with two attached hydrogens (primary N) is 2. The molecule has 0 aromatic heterocycles. The minimum absolute atomic E-state index is 0.0147. The summed E-state index contributed by atoms with van der Waals surface area (Å²) in [5.74, 6) is -1.40. The molecular weight excluding hydrogens is 525 g/mol. The second-order valence-electron chi connectivity index (χ2n) is 8.78. The van der Waals surface area contributed by atoms with Crippen molar-refractivity contribution in [3.8, 4) is 11.5 Å². The smallest absolute Gasteiger partial charge is 0.282 e. The Morgan fingerprint density at radius 3 is 1.68 bits per heavy atom. The lowest BCUT2D eigenvalue weighted by Crippen LogP contribution is -2.22. The quantitative estimate of drug-likeness (QED) is 0.427. The number of hydrogen-bond acceptors (Lipinski definition) is 8. The normalized spacial score (nSPS) is 19.7. The summed E-state index contributed by atoms with van der Waals surface area (Å²) in [6.07, 6.45) is 2.67. The highest BCUT2D eigenvalue weighted by atomic mass is 35.5. The molecular formula is C26H32ClF3N4O4. The van der Waals surface area contributed by atoms with Crippen LogP contribution in [0.2, 0.25) is 5.02 Å². The Balaban J connectivity index is 0.000000211. The topological polar surface area (TPSA) is 114 Å². The zero-order chi connectivity index (χ0) is 27.7. The van der Waals surface area contributed by atoms with E-state index in [-0.39, 0.29) is 41.4 Å². The van der Waals surface area contributed by atoms with Crippen molar-refractivity contribution in [3.05, 3.63) is 58.9 Å². The van der Waals surface area contributed by atoms with Crippen LogP contribution in [0.3, 0.4) is 0 Å². The van der Waals surface area contributed by atoms with Crippen molar-refractivity contribution in [2.24, 2.45) is 21.5 Å². The van der Waals surface area contributed by atoms with E-state index in [1.165, 1.54) is 18.2 Å². The van der Waals surface area contributed by atoms with Gasteiger partial charge in [-0.3, -0.25) is 0 Å². The van der Waals surface area contributed by atoms with Crippen molar-refractivity contribution in [1.82, 2.24) is 0 Å². The molecule has 4 N–H and O–H groups in total. The van der Waals surface area contributed by atoms with Gasteiger partial charge in [0.2, 0.25) is 0 Å². The molecule has 2 aromatic rings. The molecule has 2 aliphatic heterocycles. The Kier molecular flexibility index (Phi) is 10.8. The van der Waals surface area contributed by atoms with Gasteiger partial charge in [-0.15, -0.1) is 0 Å². The van der Waals surface area contributed by atoms with Crippen LogP contribution in [-0.2, 0) is 9.47 Å². The zero-order valence-electron chi connectivity index (χ0n) is 21.2. The lowest BCUT2D eigenvalue weighted by Gasteiger charge is -2.19. The van der Waals surface area contributed by atoms with E-state index in [4.69, 9.17) is 42.0 Å². The molecule has 0 fully saturated rings. The maximum absolute atomic E-state index is 13.1. The fraction of sp³-hybridized carbons (Fsp3) is 0.462. The van der Waals surface area contributed by atoms with Gasteiger partial charge in [0.15, 0.2) is 11.6 Å². The lowest BCUT2D eigenvalue weighted by atomic mass is 10.1. The molecule has 2 aromatic carbocycles. The fourth-order valence-corrected chi connectivity index (χ4v) is 3.97. The molecule has 208 valence electrons. The number of halogens is 4. The van der Waals surface area contributed by atoms with Crippen molar-refractivity contribution < 1.29 is 32.1 Å². The van der Waals surface area contributed by atoms with Crippen LogP contribution in [0.15, 0.2) is 46.4 Å². The first-order chi connectivity index (χ1) is 18.2. The summed E-state index contributed by atoms with van der Waals surface area (Å²) in [7, 11) is 0. The van der Waals surface area contributed by atoms with Crippen LogP contribution in [0, 0.1) is 17.5 Å². The average molecular weight is 557 g/mol. The second-order valence-corrected chi connectivity index (χ2v) is 9.19. The lowest BCUT2D eigenvalue weighted by molar-refractivity contribution is 0.167. The number of benzene rings is 2. The summed E-state index contributed by atoms with van der Waals surface area (Å²) in [5, 5.41) is 0.0545. The predicted molar refractivity (Wildman–Crippen MR) is 139 cm³/mol. The van der Waals surface area contributed by atoms with Crippen LogP contribution in [0.4, 0.5) is 13.2 Å². The van der Waals surface area contributed by atoms with Gasteiger partial charge in [0.05, 0.1) is 17.1 Å². The highest BCUT2D eigenvalue weighted by Crippen LogP contribution is 2.24. The Hall–Kier alpha value is -3.34. The van der Waals surface area contributed by atoms with Crippen molar-refractivity contribution in [2.45, 2.75) is 63.8 Å². The summed E-state index contributed by atoms with van der Waals surface area (Å²) in [5.41, 5.74) is 10.9. The van der Waals surface area contributed by atoms with Crippen LogP contribution >= 0.6 is 11.6 Å². The third-order valence-electron chi connectivity index (χ3n) is 5.84. The van der Waals surface area contributed by atoms with Gasteiger partial charge < -0.3 is 30.4 Å². The van der Waals surface area contributed by atoms with Gasteiger partial charge in [-0.05, 0) is 37.1 Å². The number of nitrogens with zero attached hydrogens (tertiary/aromatic N) is 2. The average Bonchev–Trinajstić information content (AvgIpc) is 3.50. The monoisotopic (exact) mass is 556 g/mol. The Morgan fingerprint density at radius 1 is 0.816 bits per heavy atom. The number of ether oxygens (including phenoxy) is 4. The standard InChI is InChI=1S/C13H16ClFN2O2.C13H16F2N2O2/c1-2-9(5-8-7-18-13(16)17-8)19-10-3-4-12(15)11(14)6-10;1-2-9(5-8-7-18-13(16)17-8)19-10-3-4-11(14)12(15)6-10/h2*3-4,6,8-9H,2,5,7H2,1H3,(H2,16,17)/t2*8-,9-/m00/s1.